The van der Waals surface area contributed by atoms with Crippen LogP contribution in [0.3, 0.4) is 0 Å². The summed E-state index contributed by atoms with van der Waals surface area (Å²) >= 11 is 3.70. The summed E-state index contributed by atoms with van der Waals surface area (Å²) in [6.45, 7) is 7.45. The maximum atomic E-state index is 13.7. The minimum atomic E-state index is -0.619. The summed E-state index contributed by atoms with van der Waals surface area (Å²) < 4.78 is 17.8. The summed E-state index contributed by atoms with van der Waals surface area (Å²) in [7, 11) is 3.20. The van der Waals surface area contributed by atoms with Crippen LogP contribution in [0, 0.1) is 23.7 Å². The Labute approximate surface area is 233 Å². The molecule has 8 heteroatoms. The van der Waals surface area contributed by atoms with Crippen molar-refractivity contribution in [2.45, 2.75) is 46.1 Å². The lowest BCUT2D eigenvalue weighted by molar-refractivity contribution is -0.118. The Balaban J connectivity index is 1.80. The first kappa shape index (κ1) is 27.7. The standard InChI is InChI=1S/C30H34BrN3O4/c1-18-6-8-19(9-7-18)17-38-26-13-22(31)20(12-25(26)37-5)27-21(16-32)29(33)34(10-11-36-4)23-14-30(2,3)15-24(35)28(23)27/h6-9,12-13,27H,10-11,14-15,17,33H2,1-5H3/t27-/m1/s1. The number of methoxy groups -OCH3 is 2. The lowest BCUT2D eigenvalue weighted by atomic mass is 9.68. The fourth-order valence-corrected chi connectivity index (χ4v) is 5.77. The van der Waals surface area contributed by atoms with E-state index in [1.165, 1.54) is 5.56 Å². The van der Waals surface area contributed by atoms with E-state index in [1.54, 1.807) is 14.2 Å². The Kier molecular flexibility index (Phi) is 8.19. The number of nitriles is 1. The molecule has 4 rings (SSSR count). The summed E-state index contributed by atoms with van der Waals surface area (Å²) in [5.41, 5.74) is 11.2. The number of nitrogens with two attached hydrogens (primary N) is 1. The second-order valence-corrected chi connectivity index (χ2v) is 11.4. The van der Waals surface area contributed by atoms with Gasteiger partial charge in [0.15, 0.2) is 17.3 Å². The lowest BCUT2D eigenvalue weighted by Crippen LogP contribution is -2.43. The number of carbonyl (C=O) groups excluding carboxylic acids is 1. The zero-order chi connectivity index (χ0) is 27.6. The number of carbonyl (C=O) groups is 1. The number of hydrogen-bond acceptors (Lipinski definition) is 7. The number of hydrogen-bond donors (Lipinski definition) is 1. The third-order valence-electron chi connectivity index (χ3n) is 7.11. The summed E-state index contributed by atoms with van der Waals surface area (Å²) in [6.07, 6.45) is 1.06. The Morgan fingerprint density at radius 2 is 1.87 bits per heavy atom. The number of ketones is 1. The topological polar surface area (TPSA) is 97.8 Å². The molecule has 0 radical (unpaired) electrons. The van der Waals surface area contributed by atoms with Crippen molar-refractivity contribution in [3.05, 3.63) is 80.2 Å². The monoisotopic (exact) mass is 579 g/mol. The van der Waals surface area contributed by atoms with Crippen LogP contribution in [-0.2, 0) is 16.1 Å². The molecule has 0 spiro atoms. The molecule has 0 saturated heterocycles. The molecule has 1 aliphatic heterocycles. The van der Waals surface area contributed by atoms with Crippen LogP contribution in [0.2, 0.25) is 0 Å². The maximum Gasteiger partial charge on any atom is 0.162 e. The van der Waals surface area contributed by atoms with Gasteiger partial charge in [0, 0.05) is 35.8 Å². The summed E-state index contributed by atoms with van der Waals surface area (Å²) in [6, 6.07) is 14.1. The van der Waals surface area contributed by atoms with Crippen LogP contribution >= 0.6 is 15.9 Å². The number of aryl methyl sites for hydroxylation is 1. The molecule has 2 N–H and O–H groups in total. The van der Waals surface area contributed by atoms with Crippen molar-refractivity contribution in [1.82, 2.24) is 4.90 Å². The number of rotatable bonds is 8. The van der Waals surface area contributed by atoms with Gasteiger partial charge in [-0.25, -0.2) is 0 Å². The van der Waals surface area contributed by atoms with E-state index in [0.29, 0.717) is 65.5 Å². The van der Waals surface area contributed by atoms with Crippen molar-refractivity contribution in [2.75, 3.05) is 27.4 Å². The molecular weight excluding hydrogens is 546 g/mol. The SMILES string of the molecule is COCCN1C(N)=C(C#N)[C@@H](c2cc(OC)c(OCc3ccc(C)cc3)cc2Br)C2=C1CC(C)(C)CC2=O. The number of ether oxygens (including phenoxy) is 3. The van der Waals surface area contributed by atoms with Gasteiger partial charge in [0.25, 0.3) is 0 Å². The molecule has 0 saturated carbocycles. The van der Waals surface area contributed by atoms with Gasteiger partial charge in [0.2, 0.25) is 0 Å². The molecule has 2 aromatic carbocycles. The van der Waals surface area contributed by atoms with E-state index in [9.17, 15) is 10.1 Å². The zero-order valence-corrected chi connectivity index (χ0v) is 24.1. The Morgan fingerprint density at radius 1 is 1.16 bits per heavy atom. The highest BCUT2D eigenvalue weighted by molar-refractivity contribution is 9.10. The van der Waals surface area contributed by atoms with Crippen LogP contribution in [0.4, 0.5) is 0 Å². The summed E-state index contributed by atoms with van der Waals surface area (Å²) in [4.78, 5) is 15.6. The third kappa shape index (κ3) is 5.45. The van der Waals surface area contributed by atoms with Gasteiger partial charge in [0.1, 0.15) is 12.4 Å². The van der Waals surface area contributed by atoms with Gasteiger partial charge in [-0.3, -0.25) is 4.79 Å². The van der Waals surface area contributed by atoms with Gasteiger partial charge in [-0.2, -0.15) is 5.26 Å². The Hall–Kier alpha value is -3.28. The number of allylic oxidation sites excluding steroid dienone is 3. The van der Waals surface area contributed by atoms with E-state index < -0.39 is 5.92 Å². The molecule has 7 nitrogen and oxygen atoms in total. The largest absolute Gasteiger partial charge is 0.493 e. The number of nitrogens with zero attached hydrogens (tertiary/aromatic N) is 2. The first-order valence-corrected chi connectivity index (χ1v) is 13.4. The van der Waals surface area contributed by atoms with Gasteiger partial charge >= 0.3 is 0 Å². The summed E-state index contributed by atoms with van der Waals surface area (Å²) in [5, 5.41) is 10.3. The molecule has 1 atom stereocenters. The van der Waals surface area contributed by atoms with Gasteiger partial charge < -0.3 is 24.8 Å². The summed E-state index contributed by atoms with van der Waals surface area (Å²) in [5.74, 6) is 0.825. The predicted octanol–water partition coefficient (Wildman–Crippen LogP) is 5.73. The third-order valence-corrected chi connectivity index (χ3v) is 7.80. The van der Waals surface area contributed by atoms with Gasteiger partial charge in [-0.05, 0) is 42.0 Å². The van der Waals surface area contributed by atoms with Gasteiger partial charge in [-0.1, -0.05) is 59.6 Å². The molecule has 1 aliphatic carbocycles. The molecule has 200 valence electrons. The molecule has 0 fully saturated rings. The van der Waals surface area contributed by atoms with Crippen molar-refractivity contribution in [1.29, 1.82) is 5.26 Å². The molecule has 2 aromatic rings. The van der Waals surface area contributed by atoms with Gasteiger partial charge in [-0.15, -0.1) is 0 Å². The number of benzene rings is 2. The second kappa shape index (κ2) is 11.2. The van der Waals surface area contributed by atoms with Crippen molar-refractivity contribution < 1.29 is 19.0 Å². The van der Waals surface area contributed by atoms with Crippen LogP contribution in [0.25, 0.3) is 0 Å². The van der Waals surface area contributed by atoms with E-state index in [4.69, 9.17) is 19.9 Å². The molecule has 0 bridgehead atoms. The van der Waals surface area contributed by atoms with E-state index in [2.05, 4.69) is 35.8 Å². The van der Waals surface area contributed by atoms with Crippen LogP contribution in [-0.4, -0.2) is 38.1 Å². The van der Waals surface area contributed by atoms with Crippen LogP contribution in [0.15, 0.2) is 63.5 Å². The zero-order valence-electron chi connectivity index (χ0n) is 22.6. The molecule has 0 aromatic heterocycles. The van der Waals surface area contributed by atoms with Crippen LogP contribution < -0.4 is 15.2 Å². The van der Waals surface area contributed by atoms with Crippen molar-refractivity contribution in [2.24, 2.45) is 11.1 Å². The molecule has 1 heterocycles. The minimum absolute atomic E-state index is 0.0227. The van der Waals surface area contributed by atoms with E-state index in [-0.39, 0.29) is 11.2 Å². The van der Waals surface area contributed by atoms with Gasteiger partial charge in [0.05, 0.1) is 31.3 Å². The second-order valence-electron chi connectivity index (χ2n) is 10.6. The minimum Gasteiger partial charge on any atom is -0.493 e. The molecule has 0 amide bonds. The average Bonchev–Trinajstić information content (AvgIpc) is 2.87. The van der Waals surface area contributed by atoms with E-state index in [0.717, 1.165) is 16.8 Å². The van der Waals surface area contributed by atoms with Crippen LogP contribution in [0.1, 0.15) is 49.3 Å². The highest BCUT2D eigenvalue weighted by atomic mass is 79.9. The normalized spacial score (nSPS) is 18.8. The molecule has 0 unspecified atom stereocenters. The molecular formula is C30H34BrN3O4. The fraction of sp³-hybridized carbons (Fsp3) is 0.400. The van der Waals surface area contributed by atoms with Crippen molar-refractivity contribution in [3.8, 4) is 17.6 Å². The first-order valence-electron chi connectivity index (χ1n) is 12.6. The van der Waals surface area contributed by atoms with Crippen molar-refractivity contribution in [3.63, 3.8) is 0 Å². The number of halogens is 1. The number of Topliss-reactive ketones (excluding diaryl/α,β-unsaturated/α-hetero) is 1. The quantitative estimate of drug-likeness (QED) is 0.426. The predicted molar refractivity (Wildman–Crippen MR) is 149 cm³/mol. The Bertz CT molecular complexity index is 1340. The Morgan fingerprint density at radius 3 is 2.50 bits per heavy atom. The maximum absolute atomic E-state index is 13.7. The van der Waals surface area contributed by atoms with E-state index >= 15 is 0 Å². The smallest absolute Gasteiger partial charge is 0.162 e. The highest BCUT2D eigenvalue weighted by Gasteiger charge is 2.44. The van der Waals surface area contributed by atoms with E-state index in [1.807, 2.05) is 48.2 Å². The lowest BCUT2D eigenvalue weighted by Gasteiger charge is -2.44. The van der Waals surface area contributed by atoms with Crippen LogP contribution in [0.5, 0.6) is 11.5 Å². The molecule has 38 heavy (non-hydrogen) atoms. The van der Waals surface area contributed by atoms with Crippen molar-refractivity contribution >= 4 is 21.7 Å². The molecule has 2 aliphatic rings. The highest BCUT2D eigenvalue weighted by Crippen LogP contribution is 2.51. The average molecular weight is 581 g/mol. The fourth-order valence-electron chi connectivity index (χ4n) is 5.21. The first-order chi connectivity index (χ1) is 18.1.